The molecule has 1 heterocycles. The molecule has 0 aliphatic carbocycles. The molecule has 1 fully saturated rings. The van der Waals surface area contributed by atoms with Gasteiger partial charge >= 0.3 is 0 Å². The van der Waals surface area contributed by atoms with Gasteiger partial charge in [-0.15, -0.1) is 5.73 Å². The van der Waals surface area contributed by atoms with Crippen LogP contribution in [0.4, 0.5) is 0 Å². The lowest BCUT2D eigenvalue weighted by molar-refractivity contribution is 0.215. The van der Waals surface area contributed by atoms with Crippen LogP contribution in [0.25, 0.3) is 5.57 Å². The summed E-state index contributed by atoms with van der Waals surface area (Å²) >= 11 is 3.53. The Balaban J connectivity index is 0. The Morgan fingerprint density at radius 1 is 1.21 bits per heavy atom. The zero-order valence-electron chi connectivity index (χ0n) is 19.7. The van der Waals surface area contributed by atoms with E-state index in [0.717, 1.165) is 50.3 Å². The van der Waals surface area contributed by atoms with Crippen molar-refractivity contribution in [3.63, 3.8) is 0 Å². The molecule has 0 bridgehead atoms. The highest BCUT2D eigenvalue weighted by molar-refractivity contribution is 7.79. The molecule has 0 radical (unpaired) electrons. The van der Waals surface area contributed by atoms with Crippen LogP contribution in [0.5, 0.6) is 5.75 Å². The van der Waals surface area contributed by atoms with Crippen molar-refractivity contribution in [3.8, 4) is 5.75 Å². The van der Waals surface area contributed by atoms with Crippen LogP contribution in [0.2, 0.25) is 0 Å². The predicted octanol–water partition coefficient (Wildman–Crippen LogP) is 6.79. The highest BCUT2D eigenvalue weighted by atomic mass is 32.1. The van der Waals surface area contributed by atoms with Gasteiger partial charge in [-0.1, -0.05) is 58.4 Å². The quantitative estimate of drug-likeness (QED) is 0.274. The first kappa shape index (κ1) is 30.0. The molecule has 1 atom stereocenters. The maximum Gasteiger partial charge on any atom is 0.127 e. The molecular weight excluding hydrogens is 378 g/mol. The van der Waals surface area contributed by atoms with Gasteiger partial charge in [0.05, 0.1) is 6.61 Å². The monoisotopic (exact) mass is 423 g/mol. The smallest absolute Gasteiger partial charge is 0.127 e. The van der Waals surface area contributed by atoms with E-state index >= 15 is 0 Å². The van der Waals surface area contributed by atoms with Crippen molar-refractivity contribution >= 4 is 18.2 Å². The van der Waals surface area contributed by atoms with Crippen molar-refractivity contribution in [2.24, 2.45) is 0 Å². The van der Waals surface area contributed by atoms with E-state index in [4.69, 9.17) is 4.74 Å². The van der Waals surface area contributed by atoms with Gasteiger partial charge in [0.15, 0.2) is 0 Å². The Bertz CT molecular complexity index is 519. The van der Waals surface area contributed by atoms with Gasteiger partial charge in [-0.05, 0) is 51.5 Å². The van der Waals surface area contributed by atoms with Gasteiger partial charge in [-0.25, -0.2) is 0 Å². The van der Waals surface area contributed by atoms with Crippen LogP contribution in [0.1, 0.15) is 71.8 Å². The topological polar surface area (TPSA) is 30.5 Å². The molecule has 29 heavy (non-hydrogen) atoms. The Morgan fingerprint density at radius 2 is 1.86 bits per heavy atom. The summed E-state index contributed by atoms with van der Waals surface area (Å²) < 4.78 is 10.5. The SMILES string of the molecule is C=C=C(CC1CCCCN1)c1ccccc1OCCCC.CC.CCOC.CS. The predicted molar refractivity (Wildman–Crippen MR) is 133 cm³/mol. The maximum atomic E-state index is 5.94. The van der Waals surface area contributed by atoms with Crippen molar-refractivity contribution in [3.05, 3.63) is 42.1 Å². The zero-order chi connectivity index (χ0) is 22.3. The van der Waals surface area contributed by atoms with Crippen LogP contribution in [0.3, 0.4) is 0 Å². The maximum absolute atomic E-state index is 5.94. The van der Waals surface area contributed by atoms with Crippen LogP contribution in [0.15, 0.2) is 36.6 Å². The van der Waals surface area contributed by atoms with E-state index < -0.39 is 0 Å². The summed E-state index contributed by atoms with van der Waals surface area (Å²) in [5.74, 6) is 0.966. The van der Waals surface area contributed by atoms with Gasteiger partial charge in [0, 0.05) is 30.9 Å². The second-order valence-electron chi connectivity index (χ2n) is 6.28. The van der Waals surface area contributed by atoms with Gasteiger partial charge in [0.2, 0.25) is 0 Å². The van der Waals surface area contributed by atoms with Gasteiger partial charge in [-0.2, -0.15) is 12.6 Å². The molecule has 1 saturated heterocycles. The molecule has 0 spiro atoms. The first-order valence-electron chi connectivity index (χ1n) is 11.0. The minimum Gasteiger partial charge on any atom is -0.493 e. The van der Waals surface area contributed by atoms with Crippen molar-refractivity contribution in [1.29, 1.82) is 0 Å². The van der Waals surface area contributed by atoms with Crippen molar-refractivity contribution in [2.45, 2.75) is 72.3 Å². The molecular formula is C25H45NO2S. The standard InChI is InChI=1S/C19H27NO.C3H8O.C2H6.CH4S/c1-3-5-14-21-19-12-7-6-11-18(19)16(4-2)15-17-10-8-9-13-20-17;1-3-4-2;2*1-2/h6-7,11-12,17,20H,2-3,5,8-10,13-15H2,1H3;3H2,1-2H3;1-2H3;2H,1H3. The van der Waals surface area contributed by atoms with Crippen LogP contribution < -0.4 is 10.1 Å². The lowest BCUT2D eigenvalue weighted by atomic mass is 9.94. The third kappa shape index (κ3) is 14.4. The molecule has 1 aromatic carbocycles. The fourth-order valence-electron chi connectivity index (χ4n) is 2.79. The number of rotatable bonds is 8. The minimum atomic E-state index is 0.548. The van der Waals surface area contributed by atoms with E-state index in [1.54, 1.807) is 13.4 Å². The number of methoxy groups -OCH3 is 1. The van der Waals surface area contributed by atoms with E-state index in [1.807, 2.05) is 26.8 Å². The number of benzene rings is 1. The van der Waals surface area contributed by atoms with Crippen LogP contribution in [-0.2, 0) is 4.74 Å². The molecule has 3 nitrogen and oxygen atoms in total. The molecule has 168 valence electrons. The van der Waals surface area contributed by atoms with Gasteiger partial charge < -0.3 is 14.8 Å². The third-order valence-corrected chi connectivity index (χ3v) is 4.33. The summed E-state index contributed by atoms with van der Waals surface area (Å²) in [6.45, 7) is 14.8. The molecule has 1 aliphatic heterocycles. The molecule has 2 rings (SSSR count). The van der Waals surface area contributed by atoms with Crippen LogP contribution in [-0.4, -0.2) is 39.2 Å². The highest BCUT2D eigenvalue weighted by Crippen LogP contribution is 2.30. The average Bonchev–Trinajstić information content (AvgIpc) is 2.81. The fourth-order valence-corrected chi connectivity index (χ4v) is 2.79. The number of unbranched alkanes of at least 4 members (excludes halogenated alkanes) is 1. The molecule has 1 aliphatic rings. The van der Waals surface area contributed by atoms with Crippen molar-refractivity contribution < 1.29 is 9.47 Å². The highest BCUT2D eigenvalue weighted by Gasteiger charge is 2.17. The molecule has 0 amide bonds. The zero-order valence-corrected chi connectivity index (χ0v) is 20.6. The van der Waals surface area contributed by atoms with E-state index in [0.29, 0.717) is 6.04 Å². The Labute approximate surface area is 186 Å². The van der Waals surface area contributed by atoms with Crippen LogP contribution >= 0.6 is 12.6 Å². The lowest BCUT2D eigenvalue weighted by Gasteiger charge is -2.24. The number of nitrogens with one attached hydrogen (secondary N) is 1. The summed E-state index contributed by atoms with van der Waals surface area (Å²) in [5, 5.41) is 3.60. The number of hydrogen-bond donors (Lipinski definition) is 2. The van der Waals surface area contributed by atoms with Crippen molar-refractivity contribution in [2.75, 3.05) is 33.1 Å². The number of piperidine rings is 1. The number of ether oxygens (including phenoxy) is 2. The summed E-state index contributed by atoms with van der Waals surface area (Å²) in [6.07, 6.45) is 8.77. The summed E-state index contributed by atoms with van der Waals surface area (Å²) in [5.41, 5.74) is 5.46. The van der Waals surface area contributed by atoms with Crippen molar-refractivity contribution in [1.82, 2.24) is 5.32 Å². The second kappa shape index (κ2) is 23.1. The lowest BCUT2D eigenvalue weighted by Crippen LogP contribution is -2.33. The second-order valence-corrected chi connectivity index (χ2v) is 6.28. The summed E-state index contributed by atoms with van der Waals surface area (Å²) in [6, 6.07) is 8.82. The summed E-state index contributed by atoms with van der Waals surface area (Å²) in [4.78, 5) is 0. The molecule has 4 heteroatoms. The first-order valence-corrected chi connectivity index (χ1v) is 11.9. The van der Waals surface area contributed by atoms with E-state index in [9.17, 15) is 0 Å². The van der Waals surface area contributed by atoms with E-state index in [1.165, 1.54) is 24.8 Å². The molecule has 1 N–H and O–H groups in total. The Kier molecular flexibility index (Phi) is 23.9. The fraction of sp³-hybridized carbons (Fsp3) is 0.640. The molecule has 1 aromatic rings. The minimum absolute atomic E-state index is 0.548. The number of hydrogen-bond acceptors (Lipinski definition) is 4. The summed E-state index contributed by atoms with van der Waals surface area (Å²) in [7, 11) is 1.68. The number of para-hydroxylation sites is 1. The molecule has 1 unspecified atom stereocenters. The van der Waals surface area contributed by atoms with Crippen LogP contribution in [0, 0.1) is 0 Å². The van der Waals surface area contributed by atoms with Gasteiger partial charge in [-0.3, -0.25) is 0 Å². The van der Waals surface area contributed by atoms with Gasteiger partial charge in [0.25, 0.3) is 0 Å². The molecule has 0 aromatic heterocycles. The third-order valence-electron chi connectivity index (χ3n) is 4.33. The average molecular weight is 424 g/mol. The Hall–Kier alpha value is -1.19. The first-order chi connectivity index (χ1) is 14.3. The van der Waals surface area contributed by atoms with E-state index in [-0.39, 0.29) is 0 Å². The van der Waals surface area contributed by atoms with E-state index in [2.05, 4.69) is 60.1 Å². The largest absolute Gasteiger partial charge is 0.493 e. The molecule has 0 saturated carbocycles. The Morgan fingerprint density at radius 3 is 2.38 bits per heavy atom. The number of thiol groups is 1. The normalized spacial score (nSPS) is 14.5. The van der Waals surface area contributed by atoms with Gasteiger partial charge in [0.1, 0.15) is 5.75 Å².